The molecule has 144 valence electrons. The summed E-state index contributed by atoms with van der Waals surface area (Å²) in [6.07, 6.45) is 0.293. The van der Waals surface area contributed by atoms with Crippen molar-refractivity contribution in [2.45, 2.75) is 11.3 Å². The SMILES string of the molecule is COc1ccc(CC(=O)N2CCN(S(=O)(=O)c3ccccc3Br)CC2)cc1. The van der Waals surface area contributed by atoms with E-state index in [1.807, 2.05) is 24.3 Å². The van der Waals surface area contributed by atoms with E-state index in [0.29, 0.717) is 24.0 Å². The number of carbonyl (C=O) groups is 1. The number of piperazine rings is 1. The van der Waals surface area contributed by atoms with E-state index in [1.54, 1.807) is 36.3 Å². The summed E-state index contributed by atoms with van der Waals surface area (Å²) >= 11 is 3.30. The summed E-state index contributed by atoms with van der Waals surface area (Å²) in [5.41, 5.74) is 0.907. The number of sulfonamides is 1. The Kier molecular flexibility index (Phi) is 6.18. The molecule has 27 heavy (non-hydrogen) atoms. The molecule has 0 spiro atoms. The third kappa shape index (κ3) is 4.51. The summed E-state index contributed by atoms with van der Waals surface area (Å²) in [4.78, 5) is 14.5. The van der Waals surface area contributed by atoms with Gasteiger partial charge in [-0.15, -0.1) is 0 Å². The topological polar surface area (TPSA) is 66.9 Å². The highest BCUT2D eigenvalue weighted by atomic mass is 79.9. The number of amides is 1. The van der Waals surface area contributed by atoms with Crippen LogP contribution in [-0.4, -0.2) is 56.8 Å². The van der Waals surface area contributed by atoms with Gasteiger partial charge in [0, 0.05) is 30.7 Å². The quantitative estimate of drug-likeness (QED) is 0.698. The van der Waals surface area contributed by atoms with Gasteiger partial charge in [-0.05, 0) is 45.8 Å². The van der Waals surface area contributed by atoms with Gasteiger partial charge >= 0.3 is 0 Å². The lowest BCUT2D eigenvalue weighted by atomic mass is 10.1. The van der Waals surface area contributed by atoms with Crippen molar-refractivity contribution in [1.29, 1.82) is 0 Å². The summed E-state index contributed by atoms with van der Waals surface area (Å²) in [6, 6.07) is 14.2. The highest BCUT2D eigenvalue weighted by molar-refractivity contribution is 9.10. The van der Waals surface area contributed by atoms with E-state index in [2.05, 4.69) is 15.9 Å². The van der Waals surface area contributed by atoms with Crippen LogP contribution in [0.15, 0.2) is 57.9 Å². The van der Waals surface area contributed by atoms with Crippen molar-refractivity contribution >= 4 is 31.9 Å². The molecule has 0 saturated carbocycles. The van der Waals surface area contributed by atoms with Gasteiger partial charge in [-0.25, -0.2) is 8.42 Å². The summed E-state index contributed by atoms with van der Waals surface area (Å²) < 4.78 is 32.7. The van der Waals surface area contributed by atoms with Crippen molar-refractivity contribution in [3.8, 4) is 5.75 Å². The van der Waals surface area contributed by atoms with Crippen LogP contribution in [0.1, 0.15) is 5.56 Å². The fourth-order valence-corrected chi connectivity index (χ4v) is 5.39. The minimum absolute atomic E-state index is 0.00175. The van der Waals surface area contributed by atoms with Crippen LogP contribution in [0.3, 0.4) is 0 Å². The van der Waals surface area contributed by atoms with Crippen molar-refractivity contribution in [1.82, 2.24) is 9.21 Å². The van der Waals surface area contributed by atoms with E-state index in [-0.39, 0.29) is 23.9 Å². The van der Waals surface area contributed by atoms with E-state index in [9.17, 15) is 13.2 Å². The molecule has 1 amide bonds. The predicted octanol–water partition coefficient (Wildman–Crippen LogP) is 2.53. The maximum Gasteiger partial charge on any atom is 0.244 e. The monoisotopic (exact) mass is 452 g/mol. The number of methoxy groups -OCH3 is 1. The molecule has 0 atom stereocenters. The molecular weight excluding hydrogens is 432 g/mol. The predicted molar refractivity (Wildman–Crippen MR) is 106 cm³/mol. The van der Waals surface area contributed by atoms with Crippen LogP contribution < -0.4 is 4.74 Å². The highest BCUT2D eigenvalue weighted by Crippen LogP contribution is 2.25. The van der Waals surface area contributed by atoms with Crippen LogP contribution in [0.5, 0.6) is 5.75 Å². The molecular formula is C19H21BrN2O4S. The molecule has 1 saturated heterocycles. The fourth-order valence-electron chi connectivity index (χ4n) is 3.00. The number of halogens is 1. The molecule has 0 aliphatic carbocycles. The molecule has 1 fully saturated rings. The van der Waals surface area contributed by atoms with Crippen LogP contribution in [0.4, 0.5) is 0 Å². The summed E-state index contributed by atoms with van der Waals surface area (Å²) in [6.45, 7) is 1.35. The Morgan fingerprint density at radius 1 is 1.04 bits per heavy atom. The Morgan fingerprint density at radius 2 is 1.67 bits per heavy atom. The molecule has 2 aromatic carbocycles. The van der Waals surface area contributed by atoms with Gasteiger partial charge in [0.2, 0.25) is 15.9 Å². The van der Waals surface area contributed by atoms with Gasteiger partial charge < -0.3 is 9.64 Å². The van der Waals surface area contributed by atoms with Crippen molar-refractivity contribution in [2.75, 3.05) is 33.3 Å². The van der Waals surface area contributed by atoms with E-state index < -0.39 is 10.0 Å². The molecule has 1 aliphatic rings. The molecule has 2 aromatic rings. The Labute approximate surface area is 167 Å². The number of carbonyl (C=O) groups excluding carboxylic acids is 1. The van der Waals surface area contributed by atoms with Gasteiger partial charge in [-0.2, -0.15) is 4.31 Å². The van der Waals surface area contributed by atoms with E-state index >= 15 is 0 Å². The molecule has 0 unspecified atom stereocenters. The first-order chi connectivity index (χ1) is 12.9. The van der Waals surface area contributed by atoms with Crippen LogP contribution >= 0.6 is 15.9 Å². The molecule has 0 N–H and O–H groups in total. The normalized spacial score (nSPS) is 15.6. The number of nitrogens with zero attached hydrogens (tertiary/aromatic N) is 2. The van der Waals surface area contributed by atoms with Crippen LogP contribution in [-0.2, 0) is 21.2 Å². The van der Waals surface area contributed by atoms with Crippen molar-refractivity contribution < 1.29 is 17.9 Å². The maximum absolute atomic E-state index is 12.8. The second kappa shape index (κ2) is 8.41. The molecule has 0 bridgehead atoms. The zero-order chi connectivity index (χ0) is 19.4. The first-order valence-corrected chi connectivity index (χ1v) is 10.8. The zero-order valence-electron chi connectivity index (χ0n) is 15.0. The molecule has 8 heteroatoms. The highest BCUT2D eigenvalue weighted by Gasteiger charge is 2.31. The molecule has 3 rings (SSSR count). The van der Waals surface area contributed by atoms with E-state index in [1.165, 1.54) is 4.31 Å². The zero-order valence-corrected chi connectivity index (χ0v) is 17.4. The lowest BCUT2D eigenvalue weighted by molar-refractivity contribution is -0.131. The summed E-state index contributed by atoms with van der Waals surface area (Å²) in [5, 5.41) is 0. The van der Waals surface area contributed by atoms with Crippen LogP contribution in [0, 0.1) is 0 Å². The minimum Gasteiger partial charge on any atom is -0.497 e. The second-order valence-corrected chi connectivity index (χ2v) is 9.00. The maximum atomic E-state index is 12.8. The molecule has 0 radical (unpaired) electrons. The number of benzene rings is 2. The minimum atomic E-state index is -3.57. The van der Waals surface area contributed by atoms with Gasteiger partial charge in [-0.3, -0.25) is 4.79 Å². The van der Waals surface area contributed by atoms with Gasteiger partial charge in [0.15, 0.2) is 0 Å². The van der Waals surface area contributed by atoms with Gasteiger partial charge in [-0.1, -0.05) is 24.3 Å². The molecule has 6 nitrogen and oxygen atoms in total. The molecule has 0 aromatic heterocycles. The number of hydrogen-bond acceptors (Lipinski definition) is 4. The average Bonchev–Trinajstić information content (AvgIpc) is 2.69. The summed E-state index contributed by atoms with van der Waals surface area (Å²) in [7, 11) is -1.97. The van der Waals surface area contributed by atoms with E-state index in [4.69, 9.17) is 4.74 Å². The Hall–Kier alpha value is -1.90. The van der Waals surface area contributed by atoms with Crippen molar-refractivity contribution in [3.63, 3.8) is 0 Å². The van der Waals surface area contributed by atoms with Crippen LogP contribution in [0.2, 0.25) is 0 Å². The average molecular weight is 453 g/mol. The van der Waals surface area contributed by atoms with Crippen LogP contribution in [0.25, 0.3) is 0 Å². The second-order valence-electron chi connectivity index (χ2n) is 6.24. The number of ether oxygens (including phenoxy) is 1. The largest absolute Gasteiger partial charge is 0.497 e. The van der Waals surface area contributed by atoms with Gasteiger partial charge in [0.05, 0.1) is 18.4 Å². The first kappa shape index (κ1) is 19.9. The Morgan fingerprint density at radius 3 is 2.26 bits per heavy atom. The standard InChI is InChI=1S/C19H21BrN2O4S/c1-26-16-8-6-15(7-9-16)14-19(23)21-10-12-22(13-11-21)27(24,25)18-5-3-2-4-17(18)20/h2-9H,10-14H2,1H3. The summed E-state index contributed by atoms with van der Waals surface area (Å²) in [5.74, 6) is 0.746. The first-order valence-electron chi connectivity index (χ1n) is 8.57. The Balaban J connectivity index is 1.61. The number of rotatable bonds is 5. The van der Waals surface area contributed by atoms with Gasteiger partial charge in [0.1, 0.15) is 5.75 Å². The molecule has 1 aliphatic heterocycles. The van der Waals surface area contributed by atoms with Crippen molar-refractivity contribution in [3.05, 3.63) is 58.6 Å². The lowest BCUT2D eigenvalue weighted by Gasteiger charge is -2.34. The van der Waals surface area contributed by atoms with E-state index in [0.717, 1.165) is 11.3 Å². The third-order valence-electron chi connectivity index (χ3n) is 4.56. The lowest BCUT2D eigenvalue weighted by Crippen LogP contribution is -2.50. The fraction of sp³-hybridized carbons (Fsp3) is 0.316. The molecule has 1 heterocycles. The third-order valence-corrected chi connectivity index (χ3v) is 7.47. The number of hydrogen-bond donors (Lipinski definition) is 0. The van der Waals surface area contributed by atoms with Crippen molar-refractivity contribution in [2.24, 2.45) is 0 Å². The van der Waals surface area contributed by atoms with Gasteiger partial charge in [0.25, 0.3) is 0 Å². The Bertz CT molecular complexity index is 908. The smallest absolute Gasteiger partial charge is 0.244 e.